The van der Waals surface area contributed by atoms with E-state index in [1.165, 1.54) is 11.3 Å². The summed E-state index contributed by atoms with van der Waals surface area (Å²) in [7, 11) is 0. The molecule has 2 heterocycles. The van der Waals surface area contributed by atoms with E-state index in [4.69, 9.17) is 5.26 Å². The van der Waals surface area contributed by atoms with Crippen LogP contribution in [0.15, 0.2) is 30.6 Å². The SMILES string of the molecule is N#Cc1cnc(-c2ccccn2)s1. The van der Waals surface area contributed by atoms with Crippen molar-refractivity contribution in [3.63, 3.8) is 0 Å². The topological polar surface area (TPSA) is 49.6 Å². The summed E-state index contributed by atoms with van der Waals surface area (Å²) in [5, 5.41) is 9.39. The van der Waals surface area contributed by atoms with Crippen molar-refractivity contribution in [2.45, 2.75) is 0 Å². The molecule has 2 rings (SSSR count). The fourth-order valence-corrected chi connectivity index (χ4v) is 1.62. The third-order valence-electron chi connectivity index (χ3n) is 1.50. The molecule has 3 nitrogen and oxygen atoms in total. The lowest BCUT2D eigenvalue weighted by Gasteiger charge is -1.90. The Morgan fingerprint density at radius 2 is 2.23 bits per heavy atom. The second kappa shape index (κ2) is 3.33. The van der Waals surface area contributed by atoms with Gasteiger partial charge >= 0.3 is 0 Å². The quantitative estimate of drug-likeness (QED) is 0.686. The lowest BCUT2D eigenvalue weighted by atomic mass is 10.4. The van der Waals surface area contributed by atoms with Crippen LogP contribution in [0.2, 0.25) is 0 Å². The van der Waals surface area contributed by atoms with E-state index in [1.54, 1.807) is 12.4 Å². The molecule has 0 aliphatic heterocycles. The maximum Gasteiger partial charge on any atom is 0.143 e. The van der Waals surface area contributed by atoms with Crippen LogP contribution in [-0.2, 0) is 0 Å². The van der Waals surface area contributed by atoms with Crippen LogP contribution in [0.1, 0.15) is 4.88 Å². The van der Waals surface area contributed by atoms with Gasteiger partial charge in [-0.25, -0.2) is 4.98 Å². The second-order valence-corrected chi connectivity index (χ2v) is 3.39. The largest absolute Gasteiger partial charge is 0.254 e. The summed E-state index contributed by atoms with van der Waals surface area (Å²) in [6.45, 7) is 0. The molecule has 0 atom stereocenters. The van der Waals surface area contributed by atoms with Crippen molar-refractivity contribution in [1.82, 2.24) is 9.97 Å². The molecule has 0 spiro atoms. The first-order valence-corrected chi connectivity index (χ1v) is 4.49. The molecular weight excluding hydrogens is 182 g/mol. The molecule has 0 radical (unpaired) electrons. The molecule has 0 aliphatic carbocycles. The van der Waals surface area contributed by atoms with Gasteiger partial charge in [0, 0.05) is 6.20 Å². The van der Waals surface area contributed by atoms with Crippen molar-refractivity contribution >= 4 is 11.3 Å². The zero-order chi connectivity index (χ0) is 9.10. The summed E-state index contributed by atoms with van der Waals surface area (Å²) >= 11 is 1.35. The van der Waals surface area contributed by atoms with E-state index >= 15 is 0 Å². The average Bonchev–Trinajstić information content (AvgIpc) is 2.67. The van der Waals surface area contributed by atoms with E-state index < -0.39 is 0 Å². The van der Waals surface area contributed by atoms with Crippen LogP contribution in [-0.4, -0.2) is 9.97 Å². The number of hydrogen-bond donors (Lipinski definition) is 0. The van der Waals surface area contributed by atoms with E-state index in [0.717, 1.165) is 10.7 Å². The molecule has 0 saturated carbocycles. The lowest BCUT2D eigenvalue weighted by molar-refractivity contribution is 1.29. The number of rotatable bonds is 1. The van der Waals surface area contributed by atoms with Gasteiger partial charge in [0.15, 0.2) is 0 Å². The first-order chi connectivity index (χ1) is 6.40. The fourth-order valence-electron chi connectivity index (χ4n) is 0.933. The van der Waals surface area contributed by atoms with Crippen molar-refractivity contribution in [2.75, 3.05) is 0 Å². The predicted molar refractivity (Wildman–Crippen MR) is 50.1 cm³/mol. The average molecular weight is 187 g/mol. The third-order valence-corrected chi connectivity index (χ3v) is 2.42. The van der Waals surface area contributed by atoms with Crippen molar-refractivity contribution in [3.8, 4) is 16.8 Å². The van der Waals surface area contributed by atoms with Crippen molar-refractivity contribution in [2.24, 2.45) is 0 Å². The summed E-state index contributed by atoms with van der Waals surface area (Å²) in [5.41, 5.74) is 0.814. The van der Waals surface area contributed by atoms with Crippen LogP contribution >= 0.6 is 11.3 Å². The van der Waals surface area contributed by atoms with Gasteiger partial charge in [-0.1, -0.05) is 6.07 Å². The molecule has 0 bridgehead atoms. The Labute approximate surface area is 79.3 Å². The minimum atomic E-state index is 0.612. The Morgan fingerprint density at radius 3 is 2.85 bits per heavy atom. The van der Waals surface area contributed by atoms with Gasteiger partial charge in [-0.3, -0.25) is 4.98 Å². The molecule has 0 aliphatic rings. The highest BCUT2D eigenvalue weighted by atomic mass is 32.1. The minimum Gasteiger partial charge on any atom is -0.254 e. The molecule has 0 aromatic carbocycles. The number of aromatic nitrogens is 2. The van der Waals surface area contributed by atoms with Gasteiger partial charge in [0.1, 0.15) is 16.0 Å². The number of hydrogen-bond acceptors (Lipinski definition) is 4. The van der Waals surface area contributed by atoms with Crippen LogP contribution in [0.25, 0.3) is 10.7 Å². The van der Waals surface area contributed by atoms with E-state index in [-0.39, 0.29) is 0 Å². The maximum absolute atomic E-state index is 8.60. The molecule has 2 aromatic rings. The first-order valence-electron chi connectivity index (χ1n) is 3.67. The lowest BCUT2D eigenvalue weighted by Crippen LogP contribution is -1.78. The highest BCUT2D eigenvalue weighted by Crippen LogP contribution is 2.21. The van der Waals surface area contributed by atoms with E-state index in [1.807, 2.05) is 24.3 Å². The highest BCUT2D eigenvalue weighted by molar-refractivity contribution is 7.15. The summed E-state index contributed by atoms with van der Waals surface area (Å²) in [5.74, 6) is 0. The van der Waals surface area contributed by atoms with Gasteiger partial charge in [-0.2, -0.15) is 5.26 Å². The summed E-state index contributed by atoms with van der Waals surface area (Å²) in [6.07, 6.45) is 3.28. The molecular formula is C9H5N3S. The van der Waals surface area contributed by atoms with E-state index in [2.05, 4.69) is 9.97 Å². The molecule has 0 N–H and O–H groups in total. The molecule has 0 amide bonds. The molecule has 0 unspecified atom stereocenters. The van der Waals surface area contributed by atoms with Crippen LogP contribution < -0.4 is 0 Å². The summed E-state index contributed by atoms with van der Waals surface area (Å²) in [4.78, 5) is 8.84. The maximum atomic E-state index is 8.60. The zero-order valence-electron chi connectivity index (χ0n) is 6.64. The smallest absolute Gasteiger partial charge is 0.143 e. The number of thiazole rings is 1. The third kappa shape index (κ3) is 1.55. The van der Waals surface area contributed by atoms with Crippen LogP contribution in [0.4, 0.5) is 0 Å². The number of nitrogens with zero attached hydrogens (tertiary/aromatic N) is 3. The minimum absolute atomic E-state index is 0.612. The molecule has 13 heavy (non-hydrogen) atoms. The Hall–Kier alpha value is -1.73. The van der Waals surface area contributed by atoms with Gasteiger partial charge < -0.3 is 0 Å². The Kier molecular flexibility index (Phi) is 2.02. The Morgan fingerprint density at radius 1 is 1.31 bits per heavy atom. The van der Waals surface area contributed by atoms with Gasteiger partial charge in [0.25, 0.3) is 0 Å². The predicted octanol–water partition coefficient (Wildman–Crippen LogP) is 2.08. The second-order valence-electron chi connectivity index (χ2n) is 2.36. The summed E-state index contributed by atoms with van der Waals surface area (Å²) < 4.78 is 0. The first kappa shape index (κ1) is 7.90. The van der Waals surface area contributed by atoms with Gasteiger partial charge in [0.05, 0.1) is 11.9 Å². The van der Waals surface area contributed by atoms with E-state index in [9.17, 15) is 0 Å². The van der Waals surface area contributed by atoms with Crippen LogP contribution in [0, 0.1) is 11.3 Å². The molecule has 0 saturated heterocycles. The van der Waals surface area contributed by atoms with Gasteiger partial charge in [-0.05, 0) is 12.1 Å². The standard InChI is InChI=1S/C9H5N3S/c10-5-7-6-12-9(13-7)8-3-1-2-4-11-8/h1-4,6H. The van der Waals surface area contributed by atoms with E-state index in [0.29, 0.717) is 4.88 Å². The summed E-state index contributed by atoms with van der Waals surface area (Å²) in [6, 6.07) is 7.67. The van der Waals surface area contributed by atoms with Crippen molar-refractivity contribution in [3.05, 3.63) is 35.5 Å². The molecule has 4 heteroatoms. The highest BCUT2D eigenvalue weighted by Gasteiger charge is 2.03. The number of nitriles is 1. The molecule has 62 valence electrons. The monoisotopic (exact) mass is 187 g/mol. The fraction of sp³-hybridized carbons (Fsp3) is 0. The normalized spacial score (nSPS) is 9.46. The van der Waals surface area contributed by atoms with Crippen molar-refractivity contribution in [1.29, 1.82) is 5.26 Å². The molecule has 2 aromatic heterocycles. The Bertz CT molecular complexity index is 441. The van der Waals surface area contributed by atoms with Crippen LogP contribution in [0.5, 0.6) is 0 Å². The Balaban J connectivity index is 2.43. The van der Waals surface area contributed by atoms with Crippen LogP contribution in [0.3, 0.4) is 0 Å². The number of pyridine rings is 1. The zero-order valence-corrected chi connectivity index (χ0v) is 7.45. The van der Waals surface area contributed by atoms with Crippen molar-refractivity contribution < 1.29 is 0 Å². The molecule has 0 fully saturated rings. The van der Waals surface area contributed by atoms with Gasteiger partial charge in [0.2, 0.25) is 0 Å². The van der Waals surface area contributed by atoms with Gasteiger partial charge in [-0.15, -0.1) is 11.3 Å².